The van der Waals surface area contributed by atoms with Crippen molar-refractivity contribution in [1.29, 1.82) is 5.26 Å². The smallest absolute Gasteiger partial charge is 0.291 e. The lowest BCUT2D eigenvalue weighted by atomic mass is 9.83. The fourth-order valence-corrected chi connectivity index (χ4v) is 4.62. The zero-order valence-corrected chi connectivity index (χ0v) is 17.6. The zero-order valence-electron chi connectivity index (χ0n) is 17.6. The van der Waals surface area contributed by atoms with E-state index in [0.717, 1.165) is 25.9 Å². The Morgan fingerprint density at radius 3 is 2.35 bits per heavy atom. The molecule has 2 heterocycles. The van der Waals surface area contributed by atoms with Crippen molar-refractivity contribution in [3.05, 3.63) is 54.0 Å². The lowest BCUT2D eigenvalue weighted by Gasteiger charge is -2.40. The number of amides is 2. The van der Waals surface area contributed by atoms with E-state index in [1.807, 2.05) is 4.90 Å². The van der Waals surface area contributed by atoms with Crippen LogP contribution < -0.4 is 5.32 Å². The molecule has 1 atom stereocenters. The number of nitrogens with zero attached hydrogens (tertiary/aromatic N) is 3. The van der Waals surface area contributed by atoms with Crippen LogP contribution in [0.25, 0.3) is 0 Å². The van der Waals surface area contributed by atoms with Crippen LogP contribution >= 0.6 is 0 Å². The zero-order chi connectivity index (χ0) is 21.6. The second-order valence-electron chi connectivity index (χ2n) is 8.31. The van der Waals surface area contributed by atoms with E-state index < -0.39 is 0 Å². The molecule has 1 aliphatic carbocycles. The van der Waals surface area contributed by atoms with Crippen LogP contribution in [-0.2, 0) is 0 Å². The van der Waals surface area contributed by atoms with Gasteiger partial charge in [0.2, 0.25) is 0 Å². The van der Waals surface area contributed by atoms with Crippen LogP contribution in [0.1, 0.15) is 53.0 Å². The van der Waals surface area contributed by atoms with E-state index in [4.69, 9.17) is 4.42 Å². The number of carbonyl (C=O) groups excluding carboxylic acids is 2. The molecule has 2 aliphatic rings. The fourth-order valence-electron chi connectivity index (χ4n) is 4.62. The minimum Gasteiger partial charge on any atom is -0.459 e. The van der Waals surface area contributed by atoms with E-state index in [0.29, 0.717) is 30.3 Å². The first kappa shape index (κ1) is 21.1. The van der Waals surface area contributed by atoms with Gasteiger partial charge in [0, 0.05) is 37.4 Å². The van der Waals surface area contributed by atoms with Crippen LogP contribution in [0.15, 0.2) is 47.1 Å². The number of benzene rings is 1. The first-order valence-electron chi connectivity index (χ1n) is 11.0. The van der Waals surface area contributed by atoms with Gasteiger partial charge in [-0.2, -0.15) is 5.26 Å². The van der Waals surface area contributed by atoms with Crippen molar-refractivity contribution in [3.8, 4) is 6.07 Å². The van der Waals surface area contributed by atoms with Gasteiger partial charge in [0.25, 0.3) is 11.8 Å². The Kier molecular flexibility index (Phi) is 6.68. The summed E-state index contributed by atoms with van der Waals surface area (Å²) < 4.78 is 5.08. The van der Waals surface area contributed by atoms with Gasteiger partial charge in [-0.1, -0.05) is 19.3 Å². The minimum absolute atomic E-state index is 0.0188. The summed E-state index contributed by atoms with van der Waals surface area (Å²) in [6.07, 6.45) is 7.45. The van der Waals surface area contributed by atoms with E-state index >= 15 is 0 Å². The Morgan fingerprint density at radius 2 is 1.74 bits per heavy atom. The van der Waals surface area contributed by atoms with Gasteiger partial charge in [-0.25, -0.2) is 0 Å². The summed E-state index contributed by atoms with van der Waals surface area (Å²) in [4.78, 5) is 29.1. The van der Waals surface area contributed by atoms with E-state index in [1.165, 1.54) is 25.5 Å². The molecule has 1 aliphatic heterocycles. The van der Waals surface area contributed by atoms with Crippen molar-refractivity contribution in [1.82, 2.24) is 9.80 Å². The van der Waals surface area contributed by atoms with Crippen LogP contribution in [0.3, 0.4) is 0 Å². The third-order valence-electron chi connectivity index (χ3n) is 6.36. The highest BCUT2D eigenvalue weighted by molar-refractivity contribution is 6.02. The summed E-state index contributed by atoms with van der Waals surface area (Å²) in [7, 11) is 0. The topological polar surface area (TPSA) is 89.6 Å². The molecule has 2 fully saturated rings. The van der Waals surface area contributed by atoms with Crippen LogP contribution in [0.2, 0.25) is 0 Å². The molecule has 31 heavy (non-hydrogen) atoms. The normalized spacial score (nSPS) is 18.9. The lowest BCUT2D eigenvalue weighted by Crippen LogP contribution is -2.53. The highest BCUT2D eigenvalue weighted by Crippen LogP contribution is 2.29. The molecule has 0 spiro atoms. The summed E-state index contributed by atoms with van der Waals surface area (Å²) in [5.41, 5.74) is 1.20. The number of piperazine rings is 1. The second-order valence-corrected chi connectivity index (χ2v) is 8.31. The monoisotopic (exact) mass is 420 g/mol. The van der Waals surface area contributed by atoms with Crippen LogP contribution in [0.5, 0.6) is 0 Å². The minimum atomic E-state index is -0.329. The maximum Gasteiger partial charge on any atom is 0.291 e. The SMILES string of the molecule is N#C[C@@H](C1CCCCC1)N1CCN(C(=O)c2ccc(NC(=O)c3ccco3)cc2)CC1. The number of furan rings is 1. The molecule has 0 radical (unpaired) electrons. The predicted molar refractivity (Wildman–Crippen MR) is 117 cm³/mol. The summed E-state index contributed by atoms with van der Waals surface area (Å²) in [6, 6.07) is 12.7. The third-order valence-corrected chi connectivity index (χ3v) is 6.36. The van der Waals surface area contributed by atoms with Crippen molar-refractivity contribution in [2.75, 3.05) is 31.5 Å². The average molecular weight is 421 g/mol. The Labute approximate surface area is 182 Å². The largest absolute Gasteiger partial charge is 0.459 e. The Hall–Kier alpha value is -3.11. The molecule has 0 unspecified atom stereocenters. The van der Waals surface area contributed by atoms with Crippen molar-refractivity contribution in [2.24, 2.45) is 5.92 Å². The lowest BCUT2D eigenvalue weighted by molar-refractivity contribution is 0.0538. The highest BCUT2D eigenvalue weighted by atomic mass is 16.3. The van der Waals surface area contributed by atoms with E-state index in [9.17, 15) is 14.9 Å². The molecular formula is C24H28N4O3. The van der Waals surface area contributed by atoms with Crippen molar-refractivity contribution in [2.45, 2.75) is 38.1 Å². The van der Waals surface area contributed by atoms with Gasteiger partial charge < -0.3 is 14.6 Å². The molecule has 1 N–H and O–H groups in total. The van der Waals surface area contributed by atoms with Crippen molar-refractivity contribution in [3.63, 3.8) is 0 Å². The summed E-state index contributed by atoms with van der Waals surface area (Å²) in [5.74, 6) is 0.354. The number of rotatable bonds is 5. The number of carbonyl (C=O) groups is 2. The number of hydrogen-bond donors (Lipinski definition) is 1. The molecule has 1 saturated carbocycles. The van der Waals surface area contributed by atoms with E-state index in [-0.39, 0.29) is 23.6 Å². The molecule has 1 aromatic heterocycles. The maximum atomic E-state index is 12.9. The van der Waals surface area contributed by atoms with Crippen molar-refractivity contribution < 1.29 is 14.0 Å². The number of nitriles is 1. The van der Waals surface area contributed by atoms with Gasteiger partial charge in [-0.3, -0.25) is 14.5 Å². The molecule has 0 bridgehead atoms. The molecule has 162 valence electrons. The molecule has 1 aromatic carbocycles. The van der Waals surface area contributed by atoms with Gasteiger partial charge in [0.15, 0.2) is 5.76 Å². The molecule has 4 rings (SSSR count). The number of anilines is 1. The van der Waals surface area contributed by atoms with Gasteiger partial charge in [-0.15, -0.1) is 0 Å². The van der Waals surface area contributed by atoms with Crippen LogP contribution in [0.4, 0.5) is 5.69 Å². The highest BCUT2D eigenvalue weighted by Gasteiger charge is 2.32. The molecule has 7 nitrogen and oxygen atoms in total. The van der Waals surface area contributed by atoms with Crippen molar-refractivity contribution >= 4 is 17.5 Å². The van der Waals surface area contributed by atoms with Gasteiger partial charge in [0.05, 0.1) is 12.3 Å². The fraction of sp³-hybridized carbons (Fsp3) is 0.458. The van der Waals surface area contributed by atoms with Crippen LogP contribution in [0, 0.1) is 17.2 Å². The molecule has 2 aromatic rings. The van der Waals surface area contributed by atoms with Gasteiger partial charge in [0.1, 0.15) is 6.04 Å². The molecule has 7 heteroatoms. The van der Waals surface area contributed by atoms with Gasteiger partial charge >= 0.3 is 0 Å². The summed E-state index contributed by atoms with van der Waals surface area (Å²) >= 11 is 0. The third kappa shape index (κ3) is 4.97. The summed E-state index contributed by atoms with van der Waals surface area (Å²) in [5, 5.41) is 12.5. The molecular weight excluding hydrogens is 392 g/mol. The Morgan fingerprint density at radius 1 is 1.03 bits per heavy atom. The van der Waals surface area contributed by atoms with Crippen LogP contribution in [-0.4, -0.2) is 53.8 Å². The second kappa shape index (κ2) is 9.80. The van der Waals surface area contributed by atoms with Gasteiger partial charge in [-0.05, 0) is 55.2 Å². The molecule has 1 saturated heterocycles. The number of nitrogens with one attached hydrogen (secondary N) is 1. The molecule has 2 amide bonds. The Balaban J connectivity index is 1.31. The quantitative estimate of drug-likeness (QED) is 0.795. The predicted octanol–water partition coefficient (Wildman–Crippen LogP) is 3.76. The number of hydrogen-bond acceptors (Lipinski definition) is 5. The first-order chi connectivity index (χ1) is 15.2. The standard InChI is InChI=1S/C24H28N4O3/c25-17-21(18-5-2-1-3-6-18)27-12-14-28(15-13-27)24(30)19-8-10-20(11-9-19)26-23(29)22-7-4-16-31-22/h4,7-11,16,18,21H,1-3,5-6,12-15H2,(H,26,29)/t21-/m0/s1. The maximum absolute atomic E-state index is 12.9. The Bertz CT molecular complexity index is 919. The summed E-state index contributed by atoms with van der Waals surface area (Å²) in [6.45, 7) is 2.72. The first-order valence-corrected chi connectivity index (χ1v) is 11.0. The average Bonchev–Trinajstić information content (AvgIpc) is 3.36. The van der Waals surface area contributed by atoms with E-state index in [2.05, 4.69) is 16.3 Å². The van der Waals surface area contributed by atoms with E-state index in [1.54, 1.807) is 36.4 Å².